The zero-order valence-electron chi connectivity index (χ0n) is 15.7. The quantitative estimate of drug-likeness (QED) is 0.185. The first-order chi connectivity index (χ1) is 12.6. The zero-order valence-corrected chi connectivity index (χ0v) is 15.7. The first-order valence-electron chi connectivity index (χ1n) is 8.17. The van der Waals surface area contributed by atoms with Crippen molar-refractivity contribution in [2.75, 3.05) is 20.3 Å². The predicted molar refractivity (Wildman–Crippen MR) is 94.2 cm³/mol. The van der Waals surface area contributed by atoms with Gasteiger partial charge in [-0.05, 0) is 20.3 Å². The predicted octanol–water partition coefficient (Wildman–Crippen LogP) is 1.50. The molecule has 1 aliphatic carbocycles. The minimum atomic E-state index is -1.48. The van der Waals surface area contributed by atoms with Crippen molar-refractivity contribution in [3.05, 3.63) is 37.0 Å². The van der Waals surface area contributed by atoms with Crippen molar-refractivity contribution in [2.24, 2.45) is 11.3 Å². The summed E-state index contributed by atoms with van der Waals surface area (Å²) < 4.78 is 19.9. The summed E-state index contributed by atoms with van der Waals surface area (Å²) >= 11 is 0. The number of hydrogen-bond acceptors (Lipinski definition) is 8. The molecule has 0 aromatic carbocycles. The molecule has 1 saturated carbocycles. The van der Waals surface area contributed by atoms with E-state index < -0.39 is 41.3 Å². The van der Waals surface area contributed by atoms with Crippen LogP contribution in [0, 0.1) is 11.3 Å². The highest BCUT2D eigenvalue weighted by Gasteiger charge is 2.67. The summed E-state index contributed by atoms with van der Waals surface area (Å²) in [6, 6.07) is 0. The van der Waals surface area contributed by atoms with Crippen LogP contribution in [0.15, 0.2) is 37.0 Å². The van der Waals surface area contributed by atoms with E-state index in [0.29, 0.717) is 0 Å². The summed E-state index contributed by atoms with van der Waals surface area (Å²) in [5, 5.41) is 0. The highest BCUT2D eigenvalue weighted by atomic mass is 16.6. The topological polar surface area (TPSA) is 105 Å². The average Bonchev–Trinajstić information content (AvgIpc) is 3.38. The van der Waals surface area contributed by atoms with Crippen LogP contribution in [-0.4, -0.2) is 50.3 Å². The molecule has 1 fully saturated rings. The van der Waals surface area contributed by atoms with Gasteiger partial charge in [0, 0.05) is 17.1 Å². The molecule has 0 N–H and O–H groups in total. The SMILES string of the molecule is C=CC1CC1(C(=O)OC)C(=O)OC(COC(=O)C(=C)C)COC(=O)C(=C)C. The Morgan fingerprint density at radius 3 is 1.85 bits per heavy atom. The molecule has 0 radical (unpaired) electrons. The van der Waals surface area contributed by atoms with Crippen LogP contribution < -0.4 is 0 Å². The molecule has 8 heteroatoms. The molecule has 0 aromatic rings. The van der Waals surface area contributed by atoms with Crippen molar-refractivity contribution in [3.8, 4) is 0 Å². The molecule has 0 saturated heterocycles. The number of carbonyl (C=O) groups excluding carboxylic acids is 4. The van der Waals surface area contributed by atoms with Gasteiger partial charge in [0.15, 0.2) is 11.5 Å². The molecular weight excluding hydrogens is 356 g/mol. The van der Waals surface area contributed by atoms with Gasteiger partial charge in [-0.25, -0.2) is 9.59 Å². The maximum absolute atomic E-state index is 12.6. The molecule has 148 valence electrons. The van der Waals surface area contributed by atoms with E-state index >= 15 is 0 Å². The Balaban J connectivity index is 2.86. The summed E-state index contributed by atoms with van der Waals surface area (Å²) in [6.07, 6.45) is 0.554. The lowest BCUT2D eigenvalue weighted by molar-refractivity contribution is -0.175. The summed E-state index contributed by atoms with van der Waals surface area (Å²) in [7, 11) is 1.16. The number of methoxy groups -OCH3 is 1. The van der Waals surface area contributed by atoms with E-state index in [-0.39, 0.29) is 30.8 Å². The Bertz CT molecular complexity index is 647. The number of hydrogen-bond donors (Lipinski definition) is 0. The van der Waals surface area contributed by atoms with Crippen molar-refractivity contribution >= 4 is 23.9 Å². The standard InChI is InChI=1S/C19H24O8/c1-7-13-8-19(13,17(22)24-6)18(23)27-14(9-25-15(20)11(2)3)10-26-16(21)12(4)5/h7,13-14H,1-2,4,8-10H2,3,5-6H3. The maximum Gasteiger partial charge on any atom is 0.333 e. The molecule has 0 aromatic heterocycles. The number of ether oxygens (including phenoxy) is 4. The number of allylic oxidation sites excluding steroid dienone is 1. The lowest BCUT2D eigenvalue weighted by atomic mass is 10.0. The van der Waals surface area contributed by atoms with Gasteiger partial charge in [-0.15, -0.1) is 6.58 Å². The molecule has 27 heavy (non-hydrogen) atoms. The maximum atomic E-state index is 12.6. The Morgan fingerprint density at radius 2 is 1.52 bits per heavy atom. The smallest absolute Gasteiger partial charge is 0.333 e. The summed E-state index contributed by atoms with van der Waals surface area (Å²) in [6.45, 7) is 12.6. The third-order valence-electron chi connectivity index (χ3n) is 3.98. The van der Waals surface area contributed by atoms with E-state index in [1.807, 2.05) is 0 Å². The second-order valence-electron chi connectivity index (χ2n) is 6.29. The molecule has 1 aliphatic rings. The normalized spacial score (nSPS) is 20.2. The fraction of sp³-hybridized carbons (Fsp3) is 0.474. The summed E-state index contributed by atoms with van der Waals surface area (Å²) in [5.74, 6) is -3.41. The molecule has 0 aliphatic heterocycles. The van der Waals surface area contributed by atoms with Crippen molar-refractivity contribution < 1.29 is 38.1 Å². The van der Waals surface area contributed by atoms with Gasteiger partial charge in [0.2, 0.25) is 0 Å². The van der Waals surface area contributed by atoms with E-state index in [9.17, 15) is 19.2 Å². The van der Waals surface area contributed by atoms with Crippen LogP contribution in [0.5, 0.6) is 0 Å². The number of carbonyl (C=O) groups is 4. The first kappa shape index (κ1) is 22.1. The number of rotatable bonds is 10. The van der Waals surface area contributed by atoms with Crippen molar-refractivity contribution in [1.82, 2.24) is 0 Å². The molecular formula is C19H24O8. The first-order valence-corrected chi connectivity index (χ1v) is 8.17. The monoisotopic (exact) mass is 380 g/mol. The van der Waals surface area contributed by atoms with Crippen molar-refractivity contribution in [2.45, 2.75) is 26.4 Å². The molecule has 0 spiro atoms. The number of esters is 4. The van der Waals surface area contributed by atoms with Gasteiger partial charge >= 0.3 is 23.9 Å². The van der Waals surface area contributed by atoms with E-state index in [1.165, 1.54) is 19.9 Å². The molecule has 2 atom stereocenters. The van der Waals surface area contributed by atoms with E-state index in [1.54, 1.807) is 0 Å². The summed E-state index contributed by atoms with van der Waals surface area (Å²) in [4.78, 5) is 47.8. The molecule has 2 unspecified atom stereocenters. The molecule has 8 nitrogen and oxygen atoms in total. The van der Waals surface area contributed by atoms with Crippen LogP contribution in [0.1, 0.15) is 20.3 Å². The fourth-order valence-electron chi connectivity index (χ4n) is 2.26. The van der Waals surface area contributed by atoms with Gasteiger partial charge in [0.1, 0.15) is 13.2 Å². The van der Waals surface area contributed by atoms with Gasteiger partial charge in [0.25, 0.3) is 0 Å². The van der Waals surface area contributed by atoms with Crippen molar-refractivity contribution in [1.29, 1.82) is 0 Å². The lowest BCUT2D eigenvalue weighted by Gasteiger charge is -2.21. The third-order valence-corrected chi connectivity index (χ3v) is 3.98. The van der Waals surface area contributed by atoms with Crippen LogP contribution in [-0.2, 0) is 38.1 Å². The Morgan fingerprint density at radius 1 is 1.04 bits per heavy atom. The minimum Gasteiger partial charge on any atom is -0.468 e. The largest absolute Gasteiger partial charge is 0.468 e. The Kier molecular flexibility index (Phi) is 7.51. The Hall–Kier alpha value is -2.90. The highest BCUT2D eigenvalue weighted by Crippen LogP contribution is 2.55. The summed E-state index contributed by atoms with van der Waals surface area (Å²) in [5.41, 5.74) is -1.18. The van der Waals surface area contributed by atoms with E-state index in [0.717, 1.165) is 7.11 Å². The van der Waals surface area contributed by atoms with Crippen LogP contribution in [0.25, 0.3) is 0 Å². The minimum absolute atomic E-state index is 0.152. The second-order valence-corrected chi connectivity index (χ2v) is 6.29. The average molecular weight is 380 g/mol. The van der Waals surface area contributed by atoms with Gasteiger partial charge < -0.3 is 18.9 Å². The zero-order chi connectivity index (χ0) is 20.8. The van der Waals surface area contributed by atoms with Gasteiger partial charge in [0.05, 0.1) is 7.11 Å². The van der Waals surface area contributed by atoms with Crippen LogP contribution in [0.3, 0.4) is 0 Å². The molecule has 1 rings (SSSR count). The van der Waals surface area contributed by atoms with E-state index in [4.69, 9.17) is 18.9 Å². The third kappa shape index (κ3) is 5.29. The highest BCUT2D eigenvalue weighted by molar-refractivity contribution is 6.04. The molecule has 0 heterocycles. The van der Waals surface area contributed by atoms with E-state index in [2.05, 4.69) is 19.7 Å². The van der Waals surface area contributed by atoms with Gasteiger partial charge in [-0.1, -0.05) is 19.2 Å². The van der Waals surface area contributed by atoms with Crippen LogP contribution >= 0.6 is 0 Å². The fourth-order valence-corrected chi connectivity index (χ4v) is 2.26. The lowest BCUT2D eigenvalue weighted by Crippen LogP contribution is -2.37. The second kappa shape index (κ2) is 9.16. The Labute approximate surface area is 157 Å². The van der Waals surface area contributed by atoms with Crippen molar-refractivity contribution in [3.63, 3.8) is 0 Å². The van der Waals surface area contributed by atoms with Gasteiger partial charge in [-0.3, -0.25) is 9.59 Å². The molecule has 0 bridgehead atoms. The van der Waals surface area contributed by atoms with Crippen LogP contribution in [0.4, 0.5) is 0 Å². The van der Waals surface area contributed by atoms with Gasteiger partial charge in [-0.2, -0.15) is 0 Å². The van der Waals surface area contributed by atoms with Crippen LogP contribution in [0.2, 0.25) is 0 Å². The molecule has 0 amide bonds.